The van der Waals surface area contributed by atoms with Gasteiger partial charge in [0.25, 0.3) is 0 Å². The van der Waals surface area contributed by atoms with Crippen molar-refractivity contribution < 1.29 is 22.0 Å². The lowest BCUT2D eigenvalue weighted by Gasteiger charge is -2.30. The van der Waals surface area contributed by atoms with Gasteiger partial charge in [0.1, 0.15) is 0 Å². The Balaban J connectivity index is 4.75. The number of halogens is 5. The zero-order valence-corrected chi connectivity index (χ0v) is 5.97. The maximum atomic E-state index is 12.4. The molecular weight excluding hydrogens is 169 g/mol. The Bertz CT molecular complexity index is 126. The van der Waals surface area contributed by atoms with Crippen molar-refractivity contribution in [1.82, 2.24) is 0 Å². The smallest absolute Gasteiger partial charge is 0.267 e. The van der Waals surface area contributed by atoms with Gasteiger partial charge in [-0.15, -0.1) is 0 Å². The van der Waals surface area contributed by atoms with Crippen LogP contribution in [0.4, 0.5) is 22.0 Å². The van der Waals surface area contributed by atoms with Gasteiger partial charge in [-0.1, -0.05) is 0 Å². The molecule has 0 amide bonds. The first-order valence-corrected chi connectivity index (χ1v) is 2.73. The highest BCUT2D eigenvalue weighted by molar-refractivity contribution is 4.93. The first kappa shape index (κ1) is 10.6. The SMILES string of the molecule is CC(C)(F)C(F)(F)C(N)(F)F. The summed E-state index contributed by atoms with van der Waals surface area (Å²) in [4.78, 5) is 0. The molecule has 0 aromatic carbocycles. The van der Waals surface area contributed by atoms with Crippen LogP contribution in [-0.4, -0.2) is 17.6 Å². The van der Waals surface area contributed by atoms with Crippen molar-refractivity contribution in [2.24, 2.45) is 5.73 Å². The van der Waals surface area contributed by atoms with E-state index < -0.39 is 17.6 Å². The van der Waals surface area contributed by atoms with Gasteiger partial charge in [0.05, 0.1) is 0 Å². The van der Waals surface area contributed by atoms with Gasteiger partial charge in [0.15, 0.2) is 5.67 Å². The fraction of sp³-hybridized carbons (Fsp3) is 1.00. The molecule has 0 unspecified atom stereocenters. The van der Waals surface area contributed by atoms with E-state index in [1.165, 1.54) is 0 Å². The van der Waals surface area contributed by atoms with Crippen LogP contribution in [0.25, 0.3) is 0 Å². The van der Waals surface area contributed by atoms with Crippen LogP contribution in [0.15, 0.2) is 0 Å². The maximum absolute atomic E-state index is 12.4. The van der Waals surface area contributed by atoms with Gasteiger partial charge < -0.3 is 0 Å². The second kappa shape index (κ2) is 2.30. The molecule has 0 aliphatic carbocycles. The quantitative estimate of drug-likeness (QED) is 0.506. The highest BCUT2D eigenvalue weighted by Gasteiger charge is 2.64. The average molecular weight is 177 g/mol. The van der Waals surface area contributed by atoms with Crippen LogP contribution < -0.4 is 5.73 Å². The van der Waals surface area contributed by atoms with E-state index in [0.29, 0.717) is 13.8 Å². The lowest BCUT2D eigenvalue weighted by molar-refractivity contribution is -0.260. The highest BCUT2D eigenvalue weighted by atomic mass is 19.3. The number of rotatable bonds is 2. The summed E-state index contributed by atoms with van der Waals surface area (Å²) in [6, 6.07) is -4.83. The van der Waals surface area contributed by atoms with Gasteiger partial charge in [-0.05, 0) is 13.8 Å². The van der Waals surface area contributed by atoms with Crippen LogP contribution in [0.5, 0.6) is 0 Å². The number of hydrogen-bond acceptors (Lipinski definition) is 1. The molecule has 0 atom stereocenters. The lowest BCUT2D eigenvalue weighted by atomic mass is 10.0. The lowest BCUT2D eigenvalue weighted by Crippen LogP contribution is -2.58. The van der Waals surface area contributed by atoms with E-state index in [1.807, 2.05) is 0 Å². The van der Waals surface area contributed by atoms with Crippen LogP contribution in [0, 0.1) is 0 Å². The Morgan fingerprint density at radius 1 is 0.909 bits per heavy atom. The minimum atomic E-state index is -4.85. The maximum Gasteiger partial charge on any atom is 0.366 e. The highest BCUT2D eigenvalue weighted by Crippen LogP contribution is 2.41. The van der Waals surface area contributed by atoms with Crippen molar-refractivity contribution in [3.05, 3.63) is 0 Å². The fourth-order valence-corrected chi connectivity index (χ4v) is 0.396. The largest absolute Gasteiger partial charge is 0.366 e. The van der Waals surface area contributed by atoms with E-state index >= 15 is 0 Å². The Labute approximate surface area is 60.4 Å². The zero-order chi connectivity index (χ0) is 9.50. The second-order valence-corrected chi connectivity index (χ2v) is 2.67. The molecule has 0 aromatic heterocycles. The van der Waals surface area contributed by atoms with Crippen molar-refractivity contribution in [2.75, 3.05) is 0 Å². The van der Waals surface area contributed by atoms with Gasteiger partial charge in [0.2, 0.25) is 0 Å². The first-order valence-electron chi connectivity index (χ1n) is 2.73. The van der Waals surface area contributed by atoms with Crippen molar-refractivity contribution in [2.45, 2.75) is 31.5 Å². The van der Waals surface area contributed by atoms with Gasteiger partial charge in [-0.2, -0.15) is 17.6 Å². The molecular formula is C5H8F5N. The Hall–Kier alpha value is -0.390. The minimum absolute atomic E-state index is 0.341. The van der Waals surface area contributed by atoms with E-state index in [0.717, 1.165) is 0 Å². The van der Waals surface area contributed by atoms with E-state index in [4.69, 9.17) is 0 Å². The van der Waals surface area contributed by atoms with Crippen molar-refractivity contribution >= 4 is 0 Å². The zero-order valence-electron chi connectivity index (χ0n) is 5.97. The number of nitrogens with two attached hydrogens (primary N) is 1. The summed E-state index contributed by atoms with van der Waals surface area (Å²) in [5, 5.41) is 0. The molecule has 0 spiro atoms. The molecule has 0 aromatic rings. The third kappa shape index (κ3) is 1.79. The molecule has 1 nitrogen and oxygen atoms in total. The van der Waals surface area contributed by atoms with E-state index in [1.54, 1.807) is 0 Å². The molecule has 68 valence electrons. The van der Waals surface area contributed by atoms with E-state index in [-0.39, 0.29) is 0 Å². The predicted octanol–water partition coefficient (Wildman–Crippen LogP) is 1.92. The monoisotopic (exact) mass is 177 g/mol. The molecule has 2 N–H and O–H groups in total. The van der Waals surface area contributed by atoms with Gasteiger partial charge in [-0.25, -0.2) is 4.39 Å². The topological polar surface area (TPSA) is 26.0 Å². The van der Waals surface area contributed by atoms with Crippen molar-refractivity contribution in [3.8, 4) is 0 Å². The molecule has 0 aliphatic heterocycles. The minimum Gasteiger partial charge on any atom is -0.267 e. The Kier molecular flexibility index (Phi) is 2.22. The predicted molar refractivity (Wildman–Crippen MR) is 29.3 cm³/mol. The summed E-state index contributed by atoms with van der Waals surface area (Å²) in [6.07, 6.45) is 0. The van der Waals surface area contributed by atoms with E-state index in [2.05, 4.69) is 5.73 Å². The van der Waals surface area contributed by atoms with Crippen LogP contribution in [0.1, 0.15) is 13.8 Å². The second-order valence-electron chi connectivity index (χ2n) is 2.67. The van der Waals surface area contributed by atoms with Crippen molar-refractivity contribution in [3.63, 3.8) is 0 Å². The van der Waals surface area contributed by atoms with Crippen molar-refractivity contribution in [1.29, 1.82) is 0 Å². The molecule has 0 rings (SSSR count). The number of alkyl halides is 5. The molecule has 0 fully saturated rings. The Morgan fingerprint density at radius 2 is 1.18 bits per heavy atom. The molecule has 0 bridgehead atoms. The summed E-state index contributed by atoms with van der Waals surface area (Å²) < 4.78 is 60.3. The molecule has 0 aliphatic rings. The average Bonchev–Trinajstić information content (AvgIpc) is 1.58. The summed E-state index contributed by atoms with van der Waals surface area (Å²) in [5.74, 6) is -4.85. The Morgan fingerprint density at radius 3 is 1.18 bits per heavy atom. The molecule has 0 heterocycles. The fourth-order valence-electron chi connectivity index (χ4n) is 0.396. The number of hydrogen-bond donors (Lipinski definition) is 1. The molecule has 0 radical (unpaired) electrons. The summed E-state index contributed by atoms with van der Waals surface area (Å²) in [5.41, 5.74) is 0.448. The third-order valence-corrected chi connectivity index (χ3v) is 1.17. The van der Waals surface area contributed by atoms with Crippen LogP contribution in [0.3, 0.4) is 0 Å². The van der Waals surface area contributed by atoms with Crippen LogP contribution in [0.2, 0.25) is 0 Å². The third-order valence-electron chi connectivity index (χ3n) is 1.17. The summed E-state index contributed by atoms with van der Waals surface area (Å²) in [7, 11) is 0. The van der Waals surface area contributed by atoms with Gasteiger partial charge >= 0.3 is 12.0 Å². The standard InChI is InChI=1S/C5H8F5N/c1-3(2,6)4(7,8)5(9,10)11/h11H2,1-2H3. The van der Waals surface area contributed by atoms with Gasteiger partial charge in [0, 0.05) is 0 Å². The molecule has 6 heteroatoms. The van der Waals surface area contributed by atoms with Crippen LogP contribution in [-0.2, 0) is 0 Å². The van der Waals surface area contributed by atoms with E-state index in [9.17, 15) is 22.0 Å². The molecule has 0 saturated carbocycles. The normalized spacial score (nSPS) is 15.3. The summed E-state index contributed by atoms with van der Waals surface area (Å²) >= 11 is 0. The van der Waals surface area contributed by atoms with Gasteiger partial charge in [-0.3, -0.25) is 5.73 Å². The summed E-state index contributed by atoms with van der Waals surface area (Å²) in [6.45, 7) is 0.682. The molecule has 0 saturated heterocycles. The first-order chi connectivity index (χ1) is 4.50. The van der Waals surface area contributed by atoms with Crippen LogP contribution >= 0.6 is 0 Å². The molecule has 11 heavy (non-hydrogen) atoms.